The van der Waals surface area contributed by atoms with Gasteiger partial charge in [-0.25, -0.2) is 0 Å². The molecule has 2 aromatic rings. The van der Waals surface area contributed by atoms with Crippen LogP contribution in [0.1, 0.15) is 11.1 Å². The van der Waals surface area contributed by atoms with Gasteiger partial charge >= 0.3 is 0 Å². The first-order valence-electron chi connectivity index (χ1n) is 6.45. The van der Waals surface area contributed by atoms with E-state index in [0.29, 0.717) is 10.8 Å². The maximum Gasteiger partial charge on any atom is 0.262 e. The molecule has 0 atom stereocenters. The van der Waals surface area contributed by atoms with Crippen molar-refractivity contribution in [3.05, 3.63) is 52.5 Å². The Kier molecular flexibility index (Phi) is 4.70. The molecule has 0 fully saturated rings. The molecule has 0 aliphatic heterocycles. The van der Waals surface area contributed by atoms with Gasteiger partial charge in [-0.1, -0.05) is 29.8 Å². The van der Waals surface area contributed by atoms with E-state index in [4.69, 9.17) is 16.3 Å². The maximum absolute atomic E-state index is 11.9. The lowest BCUT2D eigenvalue weighted by atomic mass is 10.1. The molecule has 4 nitrogen and oxygen atoms in total. The third kappa shape index (κ3) is 3.89. The van der Waals surface area contributed by atoms with Crippen molar-refractivity contribution < 1.29 is 14.6 Å². The minimum atomic E-state index is -0.366. The Morgan fingerprint density at radius 2 is 1.90 bits per heavy atom. The van der Waals surface area contributed by atoms with Gasteiger partial charge in [-0.15, -0.1) is 0 Å². The highest BCUT2D eigenvalue weighted by atomic mass is 35.5. The molecule has 0 saturated heterocycles. The molecule has 21 heavy (non-hydrogen) atoms. The molecular formula is C16H16ClNO3. The molecular weight excluding hydrogens is 290 g/mol. The SMILES string of the molecule is Cc1cccc(C)c1OCC(=O)Nc1cc(Cl)ccc1O. The predicted octanol–water partition coefficient (Wildman–Crippen LogP) is 3.68. The van der Waals surface area contributed by atoms with Crippen LogP contribution in [0.15, 0.2) is 36.4 Å². The smallest absolute Gasteiger partial charge is 0.262 e. The van der Waals surface area contributed by atoms with Crippen LogP contribution in [0.2, 0.25) is 5.02 Å². The average Bonchev–Trinajstić information content (AvgIpc) is 2.42. The summed E-state index contributed by atoms with van der Waals surface area (Å²) in [4.78, 5) is 11.9. The lowest BCUT2D eigenvalue weighted by Gasteiger charge is -2.12. The van der Waals surface area contributed by atoms with E-state index in [-0.39, 0.29) is 24.0 Å². The highest BCUT2D eigenvalue weighted by Gasteiger charge is 2.10. The number of anilines is 1. The third-order valence-corrected chi connectivity index (χ3v) is 3.22. The number of aromatic hydroxyl groups is 1. The van der Waals surface area contributed by atoms with Gasteiger partial charge in [-0.05, 0) is 43.2 Å². The first-order valence-corrected chi connectivity index (χ1v) is 6.82. The standard InChI is InChI=1S/C16H16ClNO3/c1-10-4-3-5-11(2)16(10)21-9-15(20)18-13-8-12(17)6-7-14(13)19/h3-8,19H,9H2,1-2H3,(H,18,20). The third-order valence-electron chi connectivity index (χ3n) is 2.99. The molecule has 0 bridgehead atoms. The summed E-state index contributed by atoms with van der Waals surface area (Å²) < 4.78 is 5.55. The normalized spacial score (nSPS) is 10.2. The number of para-hydroxylation sites is 1. The van der Waals surface area contributed by atoms with Crippen molar-refractivity contribution >= 4 is 23.2 Å². The Morgan fingerprint density at radius 1 is 1.24 bits per heavy atom. The molecule has 2 rings (SSSR count). The molecule has 0 unspecified atom stereocenters. The summed E-state index contributed by atoms with van der Waals surface area (Å²) in [6.07, 6.45) is 0. The Morgan fingerprint density at radius 3 is 2.57 bits per heavy atom. The van der Waals surface area contributed by atoms with Crippen molar-refractivity contribution in [3.63, 3.8) is 0 Å². The topological polar surface area (TPSA) is 58.6 Å². The van der Waals surface area contributed by atoms with Crippen LogP contribution in [0.25, 0.3) is 0 Å². The number of carbonyl (C=O) groups excluding carboxylic acids is 1. The highest BCUT2D eigenvalue weighted by molar-refractivity contribution is 6.31. The molecule has 1 amide bonds. The second-order valence-corrected chi connectivity index (χ2v) is 5.16. The Hall–Kier alpha value is -2.20. The summed E-state index contributed by atoms with van der Waals surface area (Å²) in [6.45, 7) is 3.70. The van der Waals surface area contributed by atoms with Gasteiger partial charge in [0.05, 0.1) is 5.69 Å². The Bertz CT molecular complexity index is 650. The number of ether oxygens (including phenoxy) is 1. The summed E-state index contributed by atoms with van der Waals surface area (Å²) in [7, 11) is 0. The van der Waals surface area contributed by atoms with E-state index in [1.165, 1.54) is 12.1 Å². The lowest BCUT2D eigenvalue weighted by Crippen LogP contribution is -2.20. The van der Waals surface area contributed by atoms with Gasteiger partial charge in [0.2, 0.25) is 0 Å². The number of halogens is 1. The monoisotopic (exact) mass is 305 g/mol. The molecule has 0 aliphatic rings. The van der Waals surface area contributed by atoms with Gasteiger partial charge < -0.3 is 15.2 Å². The zero-order valence-electron chi connectivity index (χ0n) is 11.8. The molecule has 0 saturated carbocycles. The van der Waals surface area contributed by atoms with Crippen molar-refractivity contribution in [2.24, 2.45) is 0 Å². The fourth-order valence-corrected chi connectivity index (χ4v) is 2.13. The molecule has 0 aliphatic carbocycles. The van der Waals surface area contributed by atoms with Crippen molar-refractivity contribution in [1.29, 1.82) is 0 Å². The number of phenolic OH excluding ortho intramolecular Hbond substituents is 1. The summed E-state index contributed by atoms with van der Waals surface area (Å²) in [5.74, 6) is 0.290. The van der Waals surface area contributed by atoms with E-state index < -0.39 is 0 Å². The fourth-order valence-electron chi connectivity index (χ4n) is 1.96. The van der Waals surface area contributed by atoms with Crippen molar-refractivity contribution in [3.8, 4) is 11.5 Å². The first kappa shape index (κ1) is 15.2. The average molecular weight is 306 g/mol. The maximum atomic E-state index is 11.9. The first-order chi connectivity index (χ1) is 9.97. The summed E-state index contributed by atoms with van der Waals surface area (Å²) in [5, 5.41) is 12.6. The van der Waals surface area contributed by atoms with Crippen LogP contribution in [0, 0.1) is 13.8 Å². The fraction of sp³-hybridized carbons (Fsp3) is 0.188. The Labute approximate surface area is 128 Å². The molecule has 0 heterocycles. The van der Waals surface area contributed by atoms with Crippen molar-refractivity contribution in [2.45, 2.75) is 13.8 Å². The number of benzene rings is 2. The van der Waals surface area contributed by atoms with Crippen LogP contribution < -0.4 is 10.1 Å². The largest absolute Gasteiger partial charge is 0.506 e. The van der Waals surface area contributed by atoms with Crippen LogP contribution in [-0.2, 0) is 4.79 Å². The molecule has 110 valence electrons. The molecule has 0 aromatic heterocycles. The lowest BCUT2D eigenvalue weighted by molar-refractivity contribution is -0.118. The summed E-state index contributed by atoms with van der Waals surface area (Å²) >= 11 is 5.82. The van der Waals surface area contributed by atoms with Gasteiger partial charge in [-0.3, -0.25) is 4.79 Å². The zero-order chi connectivity index (χ0) is 15.4. The number of carbonyl (C=O) groups is 1. The summed E-state index contributed by atoms with van der Waals surface area (Å²) in [6, 6.07) is 10.2. The van der Waals surface area contributed by atoms with Crippen molar-refractivity contribution in [1.82, 2.24) is 0 Å². The van der Waals surface area contributed by atoms with Gasteiger partial charge in [-0.2, -0.15) is 0 Å². The van der Waals surface area contributed by atoms with E-state index in [1.54, 1.807) is 6.07 Å². The minimum Gasteiger partial charge on any atom is -0.506 e. The number of hydrogen-bond acceptors (Lipinski definition) is 3. The van der Waals surface area contributed by atoms with Crippen LogP contribution in [0.5, 0.6) is 11.5 Å². The van der Waals surface area contributed by atoms with Gasteiger partial charge in [0, 0.05) is 5.02 Å². The number of amides is 1. The Balaban J connectivity index is 2.01. The second-order valence-electron chi connectivity index (χ2n) is 4.72. The zero-order valence-corrected chi connectivity index (χ0v) is 12.6. The van der Waals surface area contributed by atoms with E-state index in [1.807, 2.05) is 32.0 Å². The number of hydrogen-bond donors (Lipinski definition) is 2. The quantitative estimate of drug-likeness (QED) is 0.847. The second kappa shape index (κ2) is 6.50. The number of rotatable bonds is 4. The van der Waals surface area contributed by atoms with Crippen molar-refractivity contribution in [2.75, 3.05) is 11.9 Å². The van der Waals surface area contributed by atoms with Crippen LogP contribution >= 0.6 is 11.6 Å². The van der Waals surface area contributed by atoms with Gasteiger partial charge in [0.25, 0.3) is 5.91 Å². The summed E-state index contributed by atoms with van der Waals surface area (Å²) in [5.41, 5.74) is 2.19. The number of nitrogens with one attached hydrogen (secondary N) is 1. The van der Waals surface area contributed by atoms with Crippen LogP contribution in [0.4, 0.5) is 5.69 Å². The molecule has 2 N–H and O–H groups in total. The highest BCUT2D eigenvalue weighted by Crippen LogP contribution is 2.26. The number of aryl methyl sites for hydroxylation is 2. The predicted molar refractivity (Wildman–Crippen MR) is 83.2 cm³/mol. The molecule has 0 spiro atoms. The van der Waals surface area contributed by atoms with E-state index >= 15 is 0 Å². The molecule has 2 aromatic carbocycles. The van der Waals surface area contributed by atoms with Gasteiger partial charge in [0.1, 0.15) is 11.5 Å². The van der Waals surface area contributed by atoms with Gasteiger partial charge in [0.15, 0.2) is 6.61 Å². The van der Waals surface area contributed by atoms with E-state index in [0.717, 1.165) is 11.1 Å². The van der Waals surface area contributed by atoms with E-state index in [2.05, 4.69) is 5.32 Å². The minimum absolute atomic E-state index is 0.0418. The molecule has 0 radical (unpaired) electrons. The van der Waals surface area contributed by atoms with Crippen LogP contribution in [0.3, 0.4) is 0 Å². The molecule has 5 heteroatoms. The van der Waals surface area contributed by atoms with Crippen LogP contribution in [-0.4, -0.2) is 17.6 Å². The number of phenols is 1. The van der Waals surface area contributed by atoms with E-state index in [9.17, 15) is 9.90 Å².